The Morgan fingerprint density at radius 1 is 1.29 bits per heavy atom. The Bertz CT molecular complexity index is 451. The standard InChI is InChI=1S/C17H30N4/c1-13(2)11-21-12-14(3)19-17(21)20-9-6-15(7-10-20)16-5-4-8-18-16/h12-13,15-16,18H,4-11H2,1-3H3. The first-order valence-corrected chi connectivity index (χ1v) is 8.65. The molecule has 2 saturated heterocycles. The van der Waals surface area contributed by atoms with E-state index < -0.39 is 0 Å². The van der Waals surface area contributed by atoms with Gasteiger partial charge in [0.05, 0.1) is 5.69 Å². The predicted octanol–water partition coefficient (Wildman–Crippen LogP) is 2.82. The van der Waals surface area contributed by atoms with E-state index in [9.17, 15) is 0 Å². The summed E-state index contributed by atoms with van der Waals surface area (Å²) in [5, 5.41) is 3.68. The molecule has 21 heavy (non-hydrogen) atoms. The van der Waals surface area contributed by atoms with Crippen LogP contribution in [-0.4, -0.2) is 35.2 Å². The van der Waals surface area contributed by atoms with Crippen molar-refractivity contribution in [1.29, 1.82) is 0 Å². The van der Waals surface area contributed by atoms with E-state index in [0.717, 1.165) is 37.3 Å². The van der Waals surface area contributed by atoms with Gasteiger partial charge < -0.3 is 14.8 Å². The summed E-state index contributed by atoms with van der Waals surface area (Å²) in [5.74, 6) is 2.73. The summed E-state index contributed by atoms with van der Waals surface area (Å²) in [6.07, 6.45) is 7.57. The largest absolute Gasteiger partial charge is 0.342 e. The minimum absolute atomic E-state index is 0.664. The highest BCUT2D eigenvalue weighted by molar-refractivity contribution is 5.34. The molecule has 0 saturated carbocycles. The molecule has 3 rings (SSSR count). The third-order valence-corrected chi connectivity index (χ3v) is 4.93. The number of anilines is 1. The van der Waals surface area contributed by atoms with Gasteiger partial charge in [0.25, 0.3) is 0 Å². The lowest BCUT2D eigenvalue weighted by molar-refractivity contribution is 0.316. The van der Waals surface area contributed by atoms with Gasteiger partial charge in [-0.15, -0.1) is 0 Å². The lowest BCUT2D eigenvalue weighted by atomic mass is 9.89. The summed E-state index contributed by atoms with van der Waals surface area (Å²) in [5.41, 5.74) is 1.14. The Labute approximate surface area is 128 Å². The molecule has 0 radical (unpaired) electrons. The van der Waals surface area contributed by atoms with E-state index in [0.29, 0.717) is 5.92 Å². The third kappa shape index (κ3) is 3.42. The van der Waals surface area contributed by atoms with Crippen LogP contribution in [0.5, 0.6) is 0 Å². The second kappa shape index (κ2) is 6.39. The molecule has 1 aromatic heterocycles. The number of rotatable bonds is 4. The van der Waals surface area contributed by atoms with Crippen molar-refractivity contribution in [3.63, 3.8) is 0 Å². The average Bonchev–Trinajstić information content (AvgIpc) is 3.08. The Balaban J connectivity index is 1.63. The van der Waals surface area contributed by atoms with Crippen molar-refractivity contribution in [2.45, 2.75) is 59.0 Å². The number of imidazole rings is 1. The monoisotopic (exact) mass is 290 g/mol. The summed E-state index contributed by atoms with van der Waals surface area (Å²) < 4.78 is 2.36. The van der Waals surface area contributed by atoms with Crippen molar-refractivity contribution < 1.29 is 0 Å². The van der Waals surface area contributed by atoms with Crippen molar-refractivity contribution in [1.82, 2.24) is 14.9 Å². The van der Waals surface area contributed by atoms with Gasteiger partial charge in [-0.3, -0.25) is 0 Å². The zero-order valence-electron chi connectivity index (χ0n) is 13.8. The predicted molar refractivity (Wildman–Crippen MR) is 87.8 cm³/mol. The number of hydrogen-bond donors (Lipinski definition) is 1. The van der Waals surface area contributed by atoms with Gasteiger partial charge in [0.15, 0.2) is 0 Å². The number of aromatic nitrogens is 2. The molecule has 0 spiro atoms. The molecular formula is C17H30N4. The molecule has 2 fully saturated rings. The molecule has 0 aliphatic carbocycles. The van der Waals surface area contributed by atoms with Crippen LogP contribution >= 0.6 is 0 Å². The molecule has 0 aromatic carbocycles. The fraction of sp³-hybridized carbons (Fsp3) is 0.824. The molecule has 0 bridgehead atoms. The van der Waals surface area contributed by atoms with Gasteiger partial charge >= 0.3 is 0 Å². The normalized spacial score (nSPS) is 24.2. The van der Waals surface area contributed by atoms with Crippen LogP contribution in [0.2, 0.25) is 0 Å². The maximum absolute atomic E-state index is 4.78. The van der Waals surface area contributed by atoms with Crippen LogP contribution in [0.4, 0.5) is 5.95 Å². The number of nitrogens with one attached hydrogen (secondary N) is 1. The molecule has 4 heteroatoms. The first-order valence-electron chi connectivity index (χ1n) is 8.65. The Hall–Kier alpha value is -1.03. The molecular weight excluding hydrogens is 260 g/mol. The van der Waals surface area contributed by atoms with E-state index in [2.05, 4.69) is 41.8 Å². The van der Waals surface area contributed by atoms with Crippen molar-refractivity contribution in [2.75, 3.05) is 24.5 Å². The highest BCUT2D eigenvalue weighted by atomic mass is 15.3. The average molecular weight is 290 g/mol. The summed E-state index contributed by atoms with van der Waals surface area (Å²) in [6.45, 7) is 11.3. The second-order valence-electron chi connectivity index (χ2n) is 7.26. The lowest BCUT2D eigenvalue weighted by Crippen LogP contribution is -2.41. The Morgan fingerprint density at radius 2 is 2.05 bits per heavy atom. The smallest absolute Gasteiger partial charge is 0.205 e. The van der Waals surface area contributed by atoms with Gasteiger partial charge in [0.1, 0.15) is 0 Å². The van der Waals surface area contributed by atoms with Gasteiger partial charge in [0.2, 0.25) is 5.95 Å². The van der Waals surface area contributed by atoms with E-state index in [1.165, 1.54) is 38.2 Å². The van der Waals surface area contributed by atoms with Crippen LogP contribution in [0.15, 0.2) is 6.20 Å². The van der Waals surface area contributed by atoms with Gasteiger partial charge in [-0.2, -0.15) is 0 Å². The minimum atomic E-state index is 0.664. The van der Waals surface area contributed by atoms with Crippen LogP contribution < -0.4 is 10.2 Å². The van der Waals surface area contributed by atoms with Crippen LogP contribution in [0.25, 0.3) is 0 Å². The quantitative estimate of drug-likeness (QED) is 0.925. The van der Waals surface area contributed by atoms with Crippen molar-refractivity contribution in [3.05, 3.63) is 11.9 Å². The maximum atomic E-state index is 4.78. The molecule has 2 aliphatic heterocycles. The summed E-state index contributed by atoms with van der Waals surface area (Å²) in [7, 11) is 0. The van der Waals surface area contributed by atoms with Crippen LogP contribution in [0.3, 0.4) is 0 Å². The SMILES string of the molecule is Cc1cn(CC(C)C)c(N2CCC(C3CCCN3)CC2)n1. The lowest BCUT2D eigenvalue weighted by Gasteiger charge is -2.35. The van der Waals surface area contributed by atoms with E-state index in [1.807, 2.05) is 0 Å². The molecule has 1 atom stereocenters. The first kappa shape index (κ1) is 14.9. The number of nitrogens with zero attached hydrogens (tertiary/aromatic N) is 3. The molecule has 118 valence electrons. The van der Waals surface area contributed by atoms with Gasteiger partial charge in [0, 0.05) is 31.9 Å². The zero-order valence-corrected chi connectivity index (χ0v) is 13.8. The molecule has 4 nitrogen and oxygen atoms in total. The fourth-order valence-corrected chi connectivity index (χ4v) is 3.93. The van der Waals surface area contributed by atoms with Gasteiger partial charge in [-0.05, 0) is 51.0 Å². The number of aryl methyl sites for hydroxylation is 1. The second-order valence-corrected chi connectivity index (χ2v) is 7.26. The summed E-state index contributed by atoms with van der Waals surface area (Å²) >= 11 is 0. The van der Waals surface area contributed by atoms with E-state index in [4.69, 9.17) is 4.98 Å². The maximum Gasteiger partial charge on any atom is 0.205 e. The zero-order chi connectivity index (χ0) is 14.8. The molecule has 1 N–H and O–H groups in total. The van der Waals surface area contributed by atoms with Crippen LogP contribution in [-0.2, 0) is 6.54 Å². The first-order chi connectivity index (χ1) is 10.1. The minimum Gasteiger partial charge on any atom is -0.342 e. The molecule has 1 unspecified atom stereocenters. The topological polar surface area (TPSA) is 33.1 Å². The summed E-state index contributed by atoms with van der Waals surface area (Å²) in [4.78, 5) is 7.28. The number of piperidine rings is 1. The van der Waals surface area contributed by atoms with E-state index in [1.54, 1.807) is 0 Å². The molecule has 2 aliphatic rings. The van der Waals surface area contributed by atoms with Crippen LogP contribution in [0.1, 0.15) is 45.2 Å². The highest BCUT2D eigenvalue weighted by Crippen LogP contribution is 2.28. The Morgan fingerprint density at radius 3 is 2.67 bits per heavy atom. The summed E-state index contributed by atoms with van der Waals surface area (Å²) in [6, 6.07) is 0.782. The molecule has 3 heterocycles. The van der Waals surface area contributed by atoms with Crippen LogP contribution in [0, 0.1) is 18.8 Å². The Kier molecular flexibility index (Phi) is 4.53. The molecule has 0 amide bonds. The third-order valence-electron chi connectivity index (χ3n) is 4.93. The fourth-order valence-electron chi connectivity index (χ4n) is 3.93. The number of hydrogen-bond acceptors (Lipinski definition) is 3. The highest BCUT2D eigenvalue weighted by Gasteiger charge is 2.29. The van der Waals surface area contributed by atoms with Crippen molar-refractivity contribution in [2.24, 2.45) is 11.8 Å². The van der Waals surface area contributed by atoms with E-state index >= 15 is 0 Å². The van der Waals surface area contributed by atoms with E-state index in [-0.39, 0.29) is 0 Å². The van der Waals surface area contributed by atoms with Gasteiger partial charge in [-0.1, -0.05) is 13.8 Å². The molecule has 1 aromatic rings. The van der Waals surface area contributed by atoms with Crippen molar-refractivity contribution in [3.8, 4) is 0 Å². The van der Waals surface area contributed by atoms with Gasteiger partial charge in [-0.25, -0.2) is 4.98 Å². The van der Waals surface area contributed by atoms with Crippen molar-refractivity contribution >= 4 is 5.95 Å².